The van der Waals surface area contributed by atoms with Crippen LogP contribution in [0.15, 0.2) is 85.5 Å². The van der Waals surface area contributed by atoms with E-state index in [0.29, 0.717) is 35.2 Å². The van der Waals surface area contributed by atoms with Gasteiger partial charge in [-0.25, -0.2) is 4.98 Å². The summed E-state index contributed by atoms with van der Waals surface area (Å²) in [7, 11) is 6.01. The van der Waals surface area contributed by atoms with Gasteiger partial charge in [-0.15, -0.1) is 0 Å². The van der Waals surface area contributed by atoms with E-state index >= 15 is 0 Å². The molecule has 2 fully saturated rings. The molecule has 13 heteroatoms. The number of allylic oxidation sites excluding steroid dienone is 2. The second-order valence-electron chi connectivity index (χ2n) is 16.3. The number of nitrogens with one attached hydrogen (secondary N) is 3. The van der Waals surface area contributed by atoms with Gasteiger partial charge < -0.3 is 30.7 Å². The molecule has 3 N–H and O–H groups in total. The monoisotopic (exact) mass is 817 g/mol. The molecule has 0 bridgehead atoms. The fourth-order valence-corrected chi connectivity index (χ4v) is 9.07. The SMILES string of the molecule is C=CNC(=O)CCC(C)c1nn(C)c2c(N3CCC(C(C)N4CCN(c5ncc(Cl)c(Nc6ccc7c(c6)C=C(CCC(=C)NC)C(=C)N7C)n5)CC4)CC3)cccc12. The van der Waals surface area contributed by atoms with Crippen LogP contribution in [-0.2, 0) is 11.8 Å². The largest absolute Gasteiger partial charge is 0.392 e. The van der Waals surface area contributed by atoms with Crippen molar-refractivity contribution < 1.29 is 4.79 Å². The van der Waals surface area contributed by atoms with E-state index in [1.54, 1.807) is 6.20 Å². The van der Waals surface area contributed by atoms with Crippen LogP contribution in [0.1, 0.15) is 69.5 Å². The lowest BCUT2D eigenvalue weighted by Gasteiger charge is -2.43. The van der Waals surface area contributed by atoms with E-state index in [9.17, 15) is 4.79 Å². The number of para-hydroxylation sites is 1. The van der Waals surface area contributed by atoms with Crippen molar-refractivity contribution in [2.75, 3.05) is 73.4 Å². The minimum Gasteiger partial charge on any atom is -0.392 e. The molecular formula is C46H60ClN11O. The topological polar surface area (TPSA) is 110 Å². The zero-order chi connectivity index (χ0) is 41.8. The first-order valence-electron chi connectivity index (χ1n) is 21.0. The highest BCUT2D eigenvalue weighted by Gasteiger charge is 2.32. The summed E-state index contributed by atoms with van der Waals surface area (Å²) in [5, 5.41) is 15.9. The van der Waals surface area contributed by atoms with Gasteiger partial charge in [0.15, 0.2) is 5.82 Å². The standard InChI is InChI=1S/C46H60ClN11O/c1-9-49-42(59)18-13-30(2)43-38-11-10-12-41(44(38)55(8)53-43)57-21-19-34(20-22-57)33(5)56-23-25-58(26-24-56)46-50-29-39(47)45(52-46)51-37-16-17-40-36(28-37)27-35(32(4)54(40)7)15-14-31(3)48-6/h9-12,16-17,27-30,33-34,48H,1,3-4,13-15,18-26H2,2,5-8H3,(H,49,59)(H,50,51,52). The summed E-state index contributed by atoms with van der Waals surface area (Å²) in [5.74, 6) is 2.07. The number of carbonyl (C=O) groups excluding carboxylic acids is 1. The summed E-state index contributed by atoms with van der Waals surface area (Å²) < 4.78 is 2.03. The van der Waals surface area contributed by atoms with E-state index in [0.717, 1.165) is 105 Å². The number of hydrogen-bond acceptors (Lipinski definition) is 10. The number of hydrogen-bond donors (Lipinski definition) is 3. The normalized spacial score (nSPS) is 17.4. The smallest absolute Gasteiger partial charge is 0.227 e. The van der Waals surface area contributed by atoms with Crippen molar-refractivity contribution in [3.63, 3.8) is 0 Å². The molecule has 2 saturated heterocycles. The van der Waals surface area contributed by atoms with Crippen molar-refractivity contribution in [2.45, 2.75) is 64.3 Å². The lowest BCUT2D eigenvalue weighted by atomic mass is 9.88. The Hall–Kier alpha value is -5.33. The Morgan fingerprint density at radius 1 is 1.02 bits per heavy atom. The van der Waals surface area contributed by atoms with E-state index in [2.05, 4.69) is 124 Å². The van der Waals surface area contributed by atoms with E-state index in [1.807, 2.05) is 18.8 Å². The Bertz CT molecular complexity index is 2230. The molecule has 1 amide bonds. The van der Waals surface area contributed by atoms with Crippen molar-refractivity contribution in [3.8, 4) is 0 Å². The minimum atomic E-state index is -0.0109. The van der Waals surface area contributed by atoms with Crippen LogP contribution in [0.25, 0.3) is 17.0 Å². The van der Waals surface area contributed by atoms with E-state index < -0.39 is 0 Å². The number of aromatic nitrogens is 4. The molecule has 3 aliphatic rings. The average molecular weight is 819 g/mol. The lowest BCUT2D eigenvalue weighted by molar-refractivity contribution is -0.120. The summed E-state index contributed by atoms with van der Waals surface area (Å²) in [6.07, 6.45) is 10.5. The molecule has 4 aromatic rings. The molecule has 0 spiro atoms. The number of benzene rings is 2. The van der Waals surface area contributed by atoms with Gasteiger partial charge in [-0.1, -0.05) is 50.4 Å². The van der Waals surface area contributed by atoms with Crippen LogP contribution >= 0.6 is 11.6 Å². The van der Waals surface area contributed by atoms with E-state index in [4.69, 9.17) is 21.7 Å². The van der Waals surface area contributed by atoms with Crippen molar-refractivity contribution in [2.24, 2.45) is 13.0 Å². The van der Waals surface area contributed by atoms with Crippen molar-refractivity contribution >= 4 is 63.3 Å². The van der Waals surface area contributed by atoms with Crippen LogP contribution in [0.2, 0.25) is 5.02 Å². The number of piperazine rings is 1. The van der Waals surface area contributed by atoms with Crippen LogP contribution < -0.4 is 30.7 Å². The van der Waals surface area contributed by atoms with Crippen LogP contribution in [-0.4, -0.2) is 90.0 Å². The minimum absolute atomic E-state index is 0.0109. The molecule has 0 aliphatic carbocycles. The first-order valence-corrected chi connectivity index (χ1v) is 21.4. The molecule has 2 aromatic carbocycles. The number of likely N-dealkylation sites (N-methyl/N-ethyl adjacent to an activating group) is 1. The van der Waals surface area contributed by atoms with Gasteiger partial charge in [0.25, 0.3) is 0 Å². The molecule has 0 saturated carbocycles. The van der Waals surface area contributed by atoms with Gasteiger partial charge in [0.05, 0.1) is 23.1 Å². The van der Waals surface area contributed by atoms with E-state index in [-0.39, 0.29) is 11.8 Å². The van der Waals surface area contributed by atoms with Gasteiger partial charge in [0.2, 0.25) is 11.9 Å². The maximum atomic E-state index is 12.1. The number of amides is 1. The molecule has 3 aliphatic heterocycles. The highest BCUT2D eigenvalue weighted by Crippen LogP contribution is 2.39. The Kier molecular flexibility index (Phi) is 13.0. The number of rotatable bonds is 15. The quantitative estimate of drug-likeness (QED) is 0.109. The van der Waals surface area contributed by atoms with Crippen LogP contribution in [0.4, 0.5) is 28.8 Å². The number of aryl methyl sites for hydroxylation is 1. The number of anilines is 5. The highest BCUT2D eigenvalue weighted by atomic mass is 35.5. The number of nitrogens with zero attached hydrogens (tertiary/aromatic N) is 8. The summed E-state index contributed by atoms with van der Waals surface area (Å²) in [6, 6.07) is 13.4. The number of piperidine rings is 1. The first-order chi connectivity index (χ1) is 28.4. The Labute approximate surface area is 354 Å². The lowest BCUT2D eigenvalue weighted by Crippen LogP contribution is -2.53. The third-order valence-corrected chi connectivity index (χ3v) is 13.0. The zero-order valence-corrected chi connectivity index (χ0v) is 36.2. The third kappa shape index (κ3) is 9.13. The first kappa shape index (κ1) is 41.8. The fourth-order valence-electron chi connectivity index (χ4n) is 8.93. The summed E-state index contributed by atoms with van der Waals surface area (Å²) in [4.78, 5) is 31.3. The van der Waals surface area contributed by atoms with Crippen LogP contribution in [0.3, 0.4) is 0 Å². The molecular weight excluding hydrogens is 758 g/mol. The molecule has 12 nitrogen and oxygen atoms in total. The second-order valence-corrected chi connectivity index (χ2v) is 16.7. The molecule has 2 atom stereocenters. The maximum absolute atomic E-state index is 12.1. The average Bonchev–Trinajstić information content (AvgIpc) is 3.60. The zero-order valence-electron chi connectivity index (χ0n) is 35.4. The summed E-state index contributed by atoms with van der Waals surface area (Å²) in [5.41, 5.74) is 9.81. The molecule has 5 heterocycles. The van der Waals surface area contributed by atoms with Crippen LogP contribution in [0, 0.1) is 5.92 Å². The molecule has 0 radical (unpaired) electrons. The predicted octanol–water partition coefficient (Wildman–Crippen LogP) is 8.19. The summed E-state index contributed by atoms with van der Waals surface area (Å²) >= 11 is 6.68. The van der Waals surface area contributed by atoms with Gasteiger partial charge in [0.1, 0.15) is 5.02 Å². The third-order valence-electron chi connectivity index (χ3n) is 12.7. The van der Waals surface area contributed by atoms with Crippen molar-refractivity contribution in [1.82, 2.24) is 35.3 Å². The molecule has 7 rings (SSSR count). The Morgan fingerprint density at radius 2 is 1.78 bits per heavy atom. The molecule has 2 aromatic heterocycles. The van der Waals surface area contributed by atoms with Gasteiger partial charge >= 0.3 is 0 Å². The van der Waals surface area contributed by atoms with E-state index in [1.165, 1.54) is 28.4 Å². The van der Waals surface area contributed by atoms with Gasteiger partial charge in [-0.2, -0.15) is 10.1 Å². The van der Waals surface area contributed by atoms with Crippen LogP contribution in [0.5, 0.6) is 0 Å². The predicted molar refractivity (Wildman–Crippen MR) is 245 cm³/mol. The van der Waals surface area contributed by atoms with Gasteiger partial charge in [-0.05, 0) is 87.1 Å². The Morgan fingerprint density at radius 3 is 2.51 bits per heavy atom. The molecule has 2 unspecified atom stereocenters. The number of carbonyl (C=O) groups is 1. The van der Waals surface area contributed by atoms with Gasteiger partial charge in [0, 0.05) is 113 Å². The summed E-state index contributed by atoms with van der Waals surface area (Å²) in [6.45, 7) is 22.3. The number of halogens is 1. The van der Waals surface area contributed by atoms with Gasteiger partial charge in [-0.3, -0.25) is 14.4 Å². The number of fused-ring (bicyclic) bond motifs is 2. The second kappa shape index (κ2) is 18.3. The highest BCUT2D eigenvalue weighted by molar-refractivity contribution is 6.32. The molecule has 312 valence electrons. The maximum Gasteiger partial charge on any atom is 0.227 e. The molecule has 59 heavy (non-hydrogen) atoms. The Balaban J connectivity index is 0.941. The fraction of sp³-hybridized carbons (Fsp3) is 0.435. The van der Waals surface area contributed by atoms with Crippen molar-refractivity contribution in [1.29, 1.82) is 0 Å². The van der Waals surface area contributed by atoms with Crippen molar-refractivity contribution in [3.05, 3.63) is 102 Å².